The molecule has 15 heavy (non-hydrogen) atoms. The van der Waals surface area contributed by atoms with Crippen molar-refractivity contribution < 1.29 is 13.3 Å². The molecule has 80 valence electrons. The van der Waals surface area contributed by atoms with Crippen LogP contribution in [0, 0.1) is 11.6 Å². The van der Waals surface area contributed by atoms with Crippen LogP contribution in [0.4, 0.5) is 14.6 Å². The number of nitrogens with zero attached hydrogens (tertiary/aromatic N) is 2. The maximum absolute atomic E-state index is 13.3. The van der Waals surface area contributed by atoms with Gasteiger partial charge in [0.1, 0.15) is 5.82 Å². The van der Waals surface area contributed by atoms with Gasteiger partial charge < -0.3 is 4.90 Å². The van der Waals surface area contributed by atoms with Crippen LogP contribution in [-0.2, 0) is 4.57 Å². The quantitative estimate of drug-likeness (QED) is 0.693. The van der Waals surface area contributed by atoms with Crippen molar-refractivity contribution in [3.8, 4) is 0 Å². The molecule has 0 saturated carbocycles. The molecule has 1 aliphatic heterocycles. The molecule has 0 unspecified atom stereocenters. The van der Waals surface area contributed by atoms with E-state index in [2.05, 4.69) is 4.98 Å². The largest absolute Gasteiger partial charge is 0.346 e. The van der Waals surface area contributed by atoms with Gasteiger partial charge in [-0.15, -0.1) is 0 Å². The summed E-state index contributed by atoms with van der Waals surface area (Å²) in [7, 11) is -1.14. The number of pyridine rings is 1. The first-order chi connectivity index (χ1) is 7.16. The van der Waals surface area contributed by atoms with Crippen LogP contribution >= 0.6 is 7.80 Å². The molecule has 1 aromatic rings. The molecule has 2 rings (SSSR count). The Hall–Kier alpha value is -1.09. The third kappa shape index (κ3) is 2.29. The van der Waals surface area contributed by atoms with Crippen molar-refractivity contribution in [2.24, 2.45) is 0 Å². The van der Waals surface area contributed by atoms with Gasteiger partial charge in [-0.05, 0) is 0 Å². The van der Waals surface area contributed by atoms with E-state index in [9.17, 15) is 13.3 Å². The van der Waals surface area contributed by atoms with Gasteiger partial charge in [0.05, 0.1) is 19.3 Å². The average molecular weight is 231 g/mol. The Morgan fingerprint density at radius 2 is 2.00 bits per heavy atom. The van der Waals surface area contributed by atoms with Crippen LogP contribution in [0.25, 0.3) is 0 Å². The Morgan fingerprint density at radius 1 is 1.33 bits per heavy atom. The second-order valence-electron chi connectivity index (χ2n) is 3.38. The molecule has 1 saturated heterocycles. The standard InChI is InChI=1S/C9H10F2N2OP/c10-7-5-8(11)9(12-6-7)13-1-3-15(14)4-2-13/h5-6H,1-4H2/q+1. The number of rotatable bonds is 1. The topological polar surface area (TPSA) is 33.2 Å². The van der Waals surface area contributed by atoms with Crippen LogP contribution in [0.3, 0.4) is 0 Å². The summed E-state index contributed by atoms with van der Waals surface area (Å²) in [5.74, 6) is -1.19. The van der Waals surface area contributed by atoms with Gasteiger partial charge >= 0.3 is 7.80 Å². The molecule has 0 atom stereocenters. The first-order valence-corrected chi connectivity index (χ1v) is 6.28. The molecule has 1 aliphatic rings. The van der Waals surface area contributed by atoms with E-state index < -0.39 is 19.4 Å². The Kier molecular flexibility index (Phi) is 2.91. The molecule has 2 heterocycles. The molecule has 6 heteroatoms. The minimum absolute atomic E-state index is 0.152. The highest BCUT2D eigenvalue weighted by Gasteiger charge is 2.27. The zero-order valence-electron chi connectivity index (χ0n) is 7.99. The van der Waals surface area contributed by atoms with Gasteiger partial charge in [-0.3, -0.25) is 0 Å². The summed E-state index contributed by atoms with van der Waals surface area (Å²) >= 11 is 0. The van der Waals surface area contributed by atoms with E-state index in [0.717, 1.165) is 12.3 Å². The normalized spacial score (nSPS) is 16.9. The van der Waals surface area contributed by atoms with Gasteiger partial charge in [0.2, 0.25) is 0 Å². The SMILES string of the molecule is O=[P+]1CCN(c2ncc(F)cc2F)CC1. The number of halogens is 2. The van der Waals surface area contributed by atoms with Crippen molar-refractivity contribution in [2.75, 3.05) is 30.3 Å². The maximum Gasteiger partial charge on any atom is 0.342 e. The van der Waals surface area contributed by atoms with Crippen molar-refractivity contribution >= 4 is 13.6 Å². The minimum atomic E-state index is -1.14. The fraction of sp³-hybridized carbons (Fsp3) is 0.444. The summed E-state index contributed by atoms with van der Waals surface area (Å²) in [6.07, 6.45) is 2.09. The Morgan fingerprint density at radius 3 is 2.60 bits per heavy atom. The van der Waals surface area contributed by atoms with Gasteiger partial charge in [0, 0.05) is 6.07 Å². The number of hydrogen-bond acceptors (Lipinski definition) is 3. The van der Waals surface area contributed by atoms with Crippen molar-refractivity contribution in [1.29, 1.82) is 0 Å². The smallest absolute Gasteiger partial charge is 0.342 e. The van der Waals surface area contributed by atoms with Crippen molar-refractivity contribution in [3.63, 3.8) is 0 Å². The monoisotopic (exact) mass is 231 g/mol. The lowest BCUT2D eigenvalue weighted by Crippen LogP contribution is -2.33. The van der Waals surface area contributed by atoms with Gasteiger partial charge in [-0.1, -0.05) is 4.57 Å². The predicted octanol–water partition coefficient (Wildman–Crippen LogP) is 2.01. The molecular formula is C9H10F2N2OP+. The third-order valence-corrected chi connectivity index (χ3v) is 3.72. The van der Waals surface area contributed by atoms with Crippen LogP contribution in [0.1, 0.15) is 0 Å². The number of hydrogen-bond donors (Lipinski definition) is 0. The van der Waals surface area contributed by atoms with E-state index in [1.807, 2.05) is 0 Å². The highest BCUT2D eigenvalue weighted by molar-refractivity contribution is 7.44. The fourth-order valence-corrected chi connectivity index (χ4v) is 2.69. The van der Waals surface area contributed by atoms with Crippen LogP contribution < -0.4 is 4.90 Å². The summed E-state index contributed by atoms with van der Waals surface area (Å²) < 4.78 is 37.1. The van der Waals surface area contributed by atoms with Crippen LogP contribution in [0.15, 0.2) is 12.3 Å². The molecule has 0 aromatic carbocycles. The zero-order chi connectivity index (χ0) is 10.8. The molecule has 0 N–H and O–H groups in total. The minimum Gasteiger partial charge on any atom is -0.346 e. The van der Waals surface area contributed by atoms with E-state index in [1.165, 1.54) is 0 Å². The number of aromatic nitrogens is 1. The average Bonchev–Trinajstić information content (AvgIpc) is 2.20. The molecule has 0 radical (unpaired) electrons. The lowest BCUT2D eigenvalue weighted by Gasteiger charge is -2.23. The van der Waals surface area contributed by atoms with E-state index in [0.29, 0.717) is 25.4 Å². The van der Waals surface area contributed by atoms with Gasteiger partial charge in [-0.2, -0.15) is 0 Å². The predicted molar refractivity (Wildman–Crippen MR) is 53.7 cm³/mol. The van der Waals surface area contributed by atoms with Crippen LogP contribution in [0.5, 0.6) is 0 Å². The van der Waals surface area contributed by atoms with E-state index in [1.54, 1.807) is 4.90 Å². The molecule has 1 fully saturated rings. The van der Waals surface area contributed by atoms with Gasteiger partial charge in [-0.25, -0.2) is 13.8 Å². The van der Waals surface area contributed by atoms with Crippen LogP contribution in [-0.4, -0.2) is 30.4 Å². The van der Waals surface area contributed by atoms with Gasteiger partial charge in [0.25, 0.3) is 0 Å². The molecule has 0 spiro atoms. The lowest BCUT2D eigenvalue weighted by atomic mass is 10.4. The summed E-state index contributed by atoms with van der Waals surface area (Å²) in [5, 5.41) is 0. The molecule has 0 bridgehead atoms. The summed E-state index contributed by atoms with van der Waals surface area (Å²) in [6, 6.07) is 0.816. The van der Waals surface area contributed by atoms with E-state index in [-0.39, 0.29) is 5.82 Å². The Balaban J connectivity index is 2.19. The number of anilines is 1. The second kappa shape index (κ2) is 4.19. The Labute approximate surface area is 86.9 Å². The van der Waals surface area contributed by atoms with Crippen molar-refractivity contribution in [1.82, 2.24) is 4.98 Å². The highest BCUT2D eigenvalue weighted by atomic mass is 31.1. The molecule has 1 aromatic heterocycles. The van der Waals surface area contributed by atoms with E-state index in [4.69, 9.17) is 0 Å². The summed E-state index contributed by atoms with van der Waals surface area (Å²) in [5.41, 5.74) is 0. The molecule has 0 aliphatic carbocycles. The molecule has 0 amide bonds. The lowest BCUT2D eigenvalue weighted by molar-refractivity contribution is 0.562. The van der Waals surface area contributed by atoms with Crippen molar-refractivity contribution in [3.05, 3.63) is 23.9 Å². The Bertz CT molecular complexity index is 390. The summed E-state index contributed by atoms with van der Waals surface area (Å²) in [6.45, 7) is 1.04. The maximum atomic E-state index is 13.3. The highest BCUT2D eigenvalue weighted by Crippen LogP contribution is 2.27. The molecule has 3 nitrogen and oxygen atoms in total. The van der Waals surface area contributed by atoms with Gasteiger partial charge in [0.15, 0.2) is 24.0 Å². The summed E-state index contributed by atoms with van der Waals surface area (Å²) in [4.78, 5) is 5.41. The second-order valence-corrected chi connectivity index (χ2v) is 5.23. The first kappa shape index (κ1) is 10.4. The van der Waals surface area contributed by atoms with Crippen molar-refractivity contribution in [2.45, 2.75) is 0 Å². The fourth-order valence-electron chi connectivity index (χ4n) is 1.54. The third-order valence-electron chi connectivity index (χ3n) is 2.33. The van der Waals surface area contributed by atoms with Crippen LogP contribution in [0.2, 0.25) is 0 Å². The van der Waals surface area contributed by atoms with E-state index >= 15 is 0 Å². The zero-order valence-corrected chi connectivity index (χ0v) is 8.88. The molecular weight excluding hydrogens is 221 g/mol. The first-order valence-electron chi connectivity index (χ1n) is 4.65.